The zero-order valence-corrected chi connectivity index (χ0v) is 10.6. The van der Waals surface area contributed by atoms with E-state index in [1.165, 1.54) is 6.07 Å². The van der Waals surface area contributed by atoms with E-state index in [0.717, 1.165) is 24.2 Å². The van der Waals surface area contributed by atoms with Gasteiger partial charge in [-0.25, -0.2) is 9.07 Å². The van der Waals surface area contributed by atoms with E-state index in [0.29, 0.717) is 24.7 Å². The molecule has 0 amide bonds. The van der Waals surface area contributed by atoms with Crippen LogP contribution in [-0.2, 0) is 0 Å². The molecule has 1 aromatic heterocycles. The quantitative estimate of drug-likeness (QED) is 0.867. The van der Waals surface area contributed by atoms with Crippen molar-refractivity contribution < 1.29 is 4.39 Å². The first-order valence-electron chi connectivity index (χ1n) is 6.58. The number of anilines is 1. The average Bonchev–Trinajstić information content (AvgIpc) is 3.18. The zero-order valence-electron chi connectivity index (χ0n) is 10.6. The van der Waals surface area contributed by atoms with Crippen LogP contribution < -0.4 is 11.1 Å². The highest BCUT2D eigenvalue weighted by atomic mass is 19.1. The van der Waals surface area contributed by atoms with Crippen LogP contribution in [0.3, 0.4) is 0 Å². The van der Waals surface area contributed by atoms with Crippen LogP contribution in [0.5, 0.6) is 0 Å². The van der Waals surface area contributed by atoms with Gasteiger partial charge >= 0.3 is 0 Å². The maximum absolute atomic E-state index is 13.9. The molecule has 3 rings (SSSR count). The number of hydrogen-bond donors (Lipinski definition) is 2. The average molecular weight is 260 g/mol. The molecule has 100 valence electrons. The lowest BCUT2D eigenvalue weighted by molar-refractivity contribution is 0.606. The van der Waals surface area contributed by atoms with Crippen LogP contribution in [0.4, 0.5) is 10.1 Å². The van der Waals surface area contributed by atoms with Gasteiger partial charge in [0.2, 0.25) is 0 Å². The molecule has 2 aromatic rings. The molecule has 5 heteroatoms. The molecule has 1 aliphatic rings. The summed E-state index contributed by atoms with van der Waals surface area (Å²) in [4.78, 5) is 0. The summed E-state index contributed by atoms with van der Waals surface area (Å²) in [5.74, 6) is 0.222. The maximum Gasteiger partial charge on any atom is 0.148 e. The lowest BCUT2D eigenvalue weighted by Crippen LogP contribution is -2.14. The zero-order chi connectivity index (χ0) is 13.2. The fourth-order valence-corrected chi connectivity index (χ4v) is 2.27. The molecule has 0 unspecified atom stereocenters. The van der Waals surface area contributed by atoms with Gasteiger partial charge in [-0.05, 0) is 25.0 Å². The molecule has 1 aromatic carbocycles. The van der Waals surface area contributed by atoms with Crippen LogP contribution in [0.15, 0.2) is 30.5 Å². The van der Waals surface area contributed by atoms with Crippen molar-refractivity contribution in [2.24, 2.45) is 5.73 Å². The number of benzene rings is 1. The SMILES string of the molecule is NCCNc1cnn(-c2ccccc2F)c1C1CC1. The van der Waals surface area contributed by atoms with Crippen molar-refractivity contribution in [1.29, 1.82) is 0 Å². The van der Waals surface area contributed by atoms with Crippen LogP contribution in [0.25, 0.3) is 5.69 Å². The Kier molecular flexibility index (Phi) is 3.21. The Morgan fingerprint density at radius 1 is 1.37 bits per heavy atom. The van der Waals surface area contributed by atoms with Gasteiger partial charge in [-0.3, -0.25) is 0 Å². The number of hydrogen-bond acceptors (Lipinski definition) is 3. The van der Waals surface area contributed by atoms with Crippen molar-refractivity contribution in [3.63, 3.8) is 0 Å². The molecule has 4 nitrogen and oxygen atoms in total. The van der Waals surface area contributed by atoms with Crippen molar-refractivity contribution in [3.8, 4) is 5.69 Å². The molecule has 1 saturated carbocycles. The maximum atomic E-state index is 13.9. The van der Waals surface area contributed by atoms with Gasteiger partial charge in [0.25, 0.3) is 0 Å². The summed E-state index contributed by atoms with van der Waals surface area (Å²) < 4.78 is 15.6. The van der Waals surface area contributed by atoms with Crippen molar-refractivity contribution in [2.45, 2.75) is 18.8 Å². The third-order valence-electron chi connectivity index (χ3n) is 3.31. The number of nitrogens with two attached hydrogens (primary N) is 1. The number of para-hydroxylation sites is 1. The first-order valence-corrected chi connectivity index (χ1v) is 6.58. The highest BCUT2D eigenvalue weighted by Crippen LogP contribution is 2.44. The van der Waals surface area contributed by atoms with E-state index in [1.54, 1.807) is 23.0 Å². The van der Waals surface area contributed by atoms with Gasteiger partial charge in [0.15, 0.2) is 0 Å². The minimum absolute atomic E-state index is 0.252. The van der Waals surface area contributed by atoms with Crippen molar-refractivity contribution in [2.75, 3.05) is 18.4 Å². The second-order valence-electron chi connectivity index (χ2n) is 4.80. The van der Waals surface area contributed by atoms with Gasteiger partial charge in [0.1, 0.15) is 11.5 Å². The van der Waals surface area contributed by atoms with Crippen molar-refractivity contribution in [3.05, 3.63) is 42.0 Å². The first-order chi connectivity index (χ1) is 9.31. The molecular formula is C14H17FN4. The topological polar surface area (TPSA) is 55.9 Å². The Hall–Kier alpha value is -1.88. The predicted octanol–water partition coefficient (Wildman–Crippen LogP) is 2.26. The van der Waals surface area contributed by atoms with E-state index >= 15 is 0 Å². The van der Waals surface area contributed by atoms with E-state index < -0.39 is 0 Å². The number of nitrogens with zero attached hydrogens (tertiary/aromatic N) is 2. The van der Waals surface area contributed by atoms with E-state index in [4.69, 9.17) is 5.73 Å². The van der Waals surface area contributed by atoms with Gasteiger partial charge in [-0.1, -0.05) is 12.1 Å². The van der Waals surface area contributed by atoms with Gasteiger partial charge in [-0.2, -0.15) is 5.10 Å². The molecule has 1 fully saturated rings. The summed E-state index contributed by atoms with van der Waals surface area (Å²) in [7, 11) is 0. The van der Waals surface area contributed by atoms with Gasteiger partial charge < -0.3 is 11.1 Å². The Bertz CT molecular complexity index is 575. The van der Waals surface area contributed by atoms with Crippen LogP contribution >= 0.6 is 0 Å². The molecule has 19 heavy (non-hydrogen) atoms. The van der Waals surface area contributed by atoms with Crippen LogP contribution in [-0.4, -0.2) is 22.9 Å². The molecule has 0 bridgehead atoms. The minimum atomic E-state index is -0.252. The molecular weight excluding hydrogens is 243 g/mol. The molecule has 0 saturated heterocycles. The van der Waals surface area contributed by atoms with Crippen LogP contribution in [0, 0.1) is 5.82 Å². The fourth-order valence-electron chi connectivity index (χ4n) is 2.27. The monoisotopic (exact) mass is 260 g/mol. The Morgan fingerprint density at radius 2 is 2.16 bits per heavy atom. The number of aromatic nitrogens is 2. The second-order valence-corrected chi connectivity index (χ2v) is 4.80. The van der Waals surface area contributed by atoms with E-state index in [9.17, 15) is 4.39 Å². The smallest absolute Gasteiger partial charge is 0.148 e. The molecule has 0 radical (unpaired) electrons. The van der Waals surface area contributed by atoms with Crippen LogP contribution in [0.1, 0.15) is 24.5 Å². The molecule has 1 aliphatic carbocycles. The normalized spacial score (nSPS) is 14.6. The Balaban J connectivity index is 2.02. The molecule has 0 aliphatic heterocycles. The van der Waals surface area contributed by atoms with E-state index in [-0.39, 0.29) is 5.82 Å². The number of nitrogens with one attached hydrogen (secondary N) is 1. The lowest BCUT2D eigenvalue weighted by atomic mass is 10.2. The van der Waals surface area contributed by atoms with Crippen molar-refractivity contribution in [1.82, 2.24) is 9.78 Å². The summed E-state index contributed by atoms with van der Waals surface area (Å²) in [5.41, 5.74) is 8.05. The molecule has 0 atom stereocenters. The van der Waals surface area contributed by atoms with E-state index in [1.807, 2.05) is 6.07 Å². The summed E-state index contributed by atoms with van der Waals surface area (Å²) in [6, 6.07) is 6.72. The largest absolute Gasteiger partial charge is 0.381 e. The third-order valence-corrected chi connectivity index (χ3v) is 3.31. The first kappa shape index (κ1) is 12.2. The minimum Gasteiger partial charge on any atom is -0.381 e. The molecule has 0 spiro atoms. The summed E-state index contributed by atoms with van der Waals surface area (Å²) in [6.07, 6.45) is 4.03. The van der Waals surface area contributed by atoms with Gasteiger partial charge in [0, 0.05) is 19.0 Å². The predicted molar refractivity (Wildman–Crippen MR) is 73.0 cm³/mol. The van der Waals surface area contributed by atoms with E-state index in [2.05, 4.69) is 10.4 Å². The fraction of sp³-hybridized carbons (Fsp3) is 0.357. The summed E-state index contributed by atoms with van der Waals surface area (Å²) in [6.45, 7) is 1.26. The molecule has 3 N–H and O–H groups in total. The van der Waals surface area contributed by atoms with Gasteiger partial charge in [-0.15, -0.1) is 0 Å². The van der Waals surface area contributed by atoms with Crippen molar-refractivity contribution >= 4 is 5.69 Å². The third kappa shape index (κ3) is 2.33. The summed E-state index contributed by atoms with van der Waals surface area (Å²) >= 11 is 0. The van der Waals surface area contributed by atoms with Crippen LogP contribution in [0.2, 0.25) is 0 Å². The summed E-state index contributed by atoms with van der Waals surface area (Å²) in [5, 5.41) is 7.60. The highest BCUT2D eigenvalue weighted by molar-refractivity contribution is 5.53. The Labute approximate surface area is 111 Å². The second kappa shape index (κ2) is 5.01. The van der Waals surface area contributed by atoms with Gasteiger partial charge in [0.05, 0.1) is 17.6 Å². The molecule has 1 heterocycles. The lowest BCUT2D eigenvalue weighted by Gasteiger charge is -2.10. The number of halogens is 1. The Morgan fingerprint density at radius 3 is 2.84 bits per heavy atom. The highest BCUT2D eigenvalue weighted by Gasteiger charge is 2.31. The standard InChI is InChI=1S/C14H17FN4/c15-11-3-1-2-4-13(11)19-14(10-5-6-10)12(9-18-19)17-8-7-16/h1-4,9-10,17H,5-8,16H2. The number of rotatable bonds is 5.